The van der Waals surface area contributed by atoms with Gasteiger partial charge in [0.15, 0.2) is 5.82 Å². The third kappa shape index (κ3) is 5.31. The molecule has 36 heavy (non-hydrogen) atoms. The number of pyridine rings is 2. The van der Waals surface area contributed by atoms with Crippen LogP contribution in [-0.2, 0) is 6.54 Å². The number of H-pyrrole nitrogens is 1. The van der Waals surface area contributed by atoms with Crippen molar-refractivity contribution in [2.75, 3.05) is 0 Å². The minimum atomic E-state index is 0.0759. The summed E-state index contributed by atoms with van der Waals surface area (Å²) in [6, 6.07) is 20.4. The van der Waals surface area contributed by atoms with Crippen LogP contribution in [0.25, 0.3) is 22.6 Å². The Bertz CT molecular complexity index is 1400. The molecule has 1 aliphatic carbocycles. The number of nitrogens with two attached hydrogens (primary N) is 1. The number of aromatic amines is 1. The average Bonchev–Trinajstić information content (AvgIpc) is 3.35. The Morgan fingerprint density at radius 1 is 1.06 bits per heavy atom. The van der Waals surface area contributed by atoms with Crippen LogP contribution in [-0.4, -0.2) is 26.3 Å². The lowest BCUT2D eigenvalue weighted by atomic mass is 9.94. The molecule has 180 valence electrons. The van der Waals surface area contributed by atoms with Gasteiger partial charge in [0.2, 0.25) is 0 Å². The molecule has 3 aromatic heterocycles. The van der Waals surface area contributed by atoms with E-state index in [1.807, 2.05) is 43.3 Å². The summed E-state index contributed by atoms with van der Waals surface area (Å²) in [5.41, 5.74) is 12.2. The Morgan fingerprint density at radius 3 is 2.67 bits per heavy atom. The van der Waals surface area contributed by atoms with E-state index in [9.17, 15) is 0 Å². The standard InChI is InChI=1S/C29H29N7/c1-20-9-8-14-24(34-20)29-28(23-15-16-25(31-17-23)33-19-30)35-26(36-29)18-32-27(21-10-4-2-5-11-21)22-12-6-3-7-13-22/h2,4-6,8-17,19,27,32H,3,7,18H2,1H3,(H,35,36)(H2,30,31,33). The Kier molecular flexibility index (Phi) is 7.10. The quantitative estimate of drug-likeness (QED) is 0.228. The number of aromatic nitrogens is 4. The minimum absolute atomic E-state index is 0.0759. The van der Waals surface area contributed by atoms with Crippen molar-refractivity contribution in [1.82, 2.24) is 25.3 Å². The fourth-order valence-corrected chi connectivity index (χ4v) is 4.38. The highest BCUT2D eigenvalue weighted by molar-refractivity contribution is 5.76. The second-order valence-corrected chi connectivity index (χ2v) is 8.66. The van der Waals surface area contributed by atoms with Crippen LogP contribution >= 0.6 is 0 Å². The van der Waals surface area contributed by atoms with Gasteiger partial charge in [0.1, 0.15) is 5.82 Å². The van der Waals surface area contributed by atoms with Crippen molar-refractivity contribution in [3.05, 3.63) is 108 Å². The first-order chi connectivity index (χ1) is 17.7. The molecule has 1 atom stereocenters. The van der Waals surface area contributed by atoms with Gasteiger partial charge in [-0.05, 0) is 55.2 Å². The molecule has 0 amide bonds. The van der Waals surface area contributed by atoms with Gasteiger partial charge in [0.25, 0.3) is 0 Å². The van der Waals surface area contributed by atoms with Crippen LogP contribution in [0.15, 0.2) is 95.7 Å². The van der Waals surface area contributed by atoms with Crippen molar-refractivity contribution in [1.29, 1.82) is 0 Å². The van der Waals surface area contributed by atoms with Crippen LogP contribution in [0.5, 0.6) is 0 Å². The van der Waals surface area contributed by atoms with Gasteiger partial charge in [-0.2, -0.15) is 0 Å². The molecule has 4 aromatic rings. The van der Waals surface area contributed by atoms with Crippen molar-refractivity contribution in [3.8, 4) is 22.6 Å². The Balaban J connectivity index is 1.48. The van der Waals surface area contributed by atoms with E-state index in [2.05, 4.69) is 62.8 Å². The second-order valence-electron chi connectivity index (χ2n) is 8.66. The van der Waals surface area contributed by atoms with Crippen molar-refractivity contribution in [3.63, 3.8) is 0 Å². The molecule has 7 heteroatoms. The number of hydrogen-bond acceptors (Lipinski definition) is 5. The zero-order valence-electron chi connectivity index (χ0n) is 20.2. The highest BCUT2D eigenvalue weighted by Crippen LogP contribution is 2.31. The molecular formula is C29H29N7. The number of nitrogens with one attached hydrogen (secondary N) is 2. The Hall–Kier alpha value is -4.36. The predicted molar refractivity (Wildman–Crippen MR) is 145 cm³/mol. The van der Waals surface area contributed by atoms with E-state index in [1.165, 1.54) is 17.5 Å². The Labute approximate surface area is 211 Å². The van der Waals surface area contributed by atoms with Crippen LogP contribution < -0.4 is 11.1 Å². The van der Waals surface area contributed by atoms with Gasteiger partial charge < -0.3 is 10.7 Å². The average molecular weight is 476 g/mol. The van der Waals surface area contributed by atoms with Crippen molar-refractivity contribution in [2.24, 2.45) is 10.7 Å². The molecule has 0 bridgehead atoms. The van der Waals surface area contributed by atoms with E-state index in [-0.39, 0.29) is 6.04 Å². The van der Waals surface area contributed by atoms with Crippen molar-refractivity contribution in [2.45, 2.75) is 32.4 Å². The largest absolute Gasteiger partial charge is 0.390 e. The molecule has 5 rings (SSSR count). The zero-order chi connectivity index (χ0) is 24.7. The first-order valence-corrected chi connectivity index (χ1v) is 12.1. The second kappa shape index (κ2) is 10.9. The molecule has 0 spiro atoms. The van der Waals surface area contributed by atoms with Gasteiger partial charge in [-0.3, -0.25) is 10.3 Å². The molecule has 0 fully saturated rings. The topological polar surface area (TPSA) is 105 Å². The molecule has 3 heterocycles. The predicted octanol–water partition coefficient (Wildman–Crippen LogP) is 5.57. The van der Waals surface area contributed by atoms with E-state index in [4.69, 9.17) is 15.7 Å². The number of imidazole rings is 1. The molecule has 0 saturated carbocycles. The summed E-state index contributed by atoms with van der Waals surface area (Å²) in [7, 11) is 0. The molecule has 1 aromatic carbocycles. The third-order valence-corrected chi connectivity index (χ3v) is 6.09. The van der Waals surface area contributed by atoms with Gasteiger partial charge >= 0.3 is 0 Å². The number of rotatable bonds is 8. The molecule has 1 unspecified atom stereocenters. The molecule has 0 saturated heterocycles. The maximum absolute atomic E-state index is 5.41. The Morgan fingerprint density at radius 2 is 1.94 bits per heavy atom. The number of allylic oxidation sites excluding steroid dienone is 2. The lowest BCUT2D eigenvalue weighted by Crippen LogP contribution is -2.23. The van der Waals surface area contributed by atoms with Gasteiger partial charge in [-0.15, -0.1) is 0 Å². The molecule has 0 aliphatic heterocycles. The monoisotopic (exact) mass is 475 g/mol. The molecule has 1 aliphatic rings. The smallest absolute Gasteiger partial charge is 0.153 e. The zero-order valence-corrected chi connectivity index (χ0v) is 20.2. The summed E-state index contributed by atoms with van der Waals surface area (Å²) in [5.74, 6) is 1.38. The highest BCUT2D eigenvalue weighted by atomic mass is 15.0. The van der Waals surface area contributed by atoms with Crippen LogP contribution in [0.4, 0.5) is 5.82 Å². The highest BCUT2D eigenvalue weighted by Gasteiger charge is 2.19. The summed E-state index contributed by atoms with van der Waals surface area (Å²) < 4.78 is 0. The molecule has 0 radical (unpaired) electrons. The molecular weight excluding hydrogens is 446 g/mol. The fraction of sp³-hybridized carbons (Fsp3) is 0.172. The summed E-state index contributed by atoms with van der Waals surface area (Å²) in [6.45, 7) is 2.55. The van der Waals surface area contributed by atoms with Gasteiger partial charge in [-0.25, -0.2) is 15.0 Å². The van der Waals surface area contributed by atoms with Crippen LogP contribution in [0, 0.1) is 6.92 Å². The number of benzene rings is 1. The van der Waals surface area contributed by atoms with Crippen LogP contribution in [0.1, 0.15) is 36.0 Å². The van der Waals surface area contributed by atoms with Gasteiger partial charge in [0, 0.05) is 17.5 Å². The van der Waals surface area contributed by atoms with Gasteiger partial charge in [0.05, 0.1) is 36.0 Å². The number of aryl methyl sites for hydroxylation is 1. The van der Waals surface area contributed by atoms with E-state index < -0.39 is 0 Å². The maximum atomic E-state index is 5.41. The summed E-state index contributed by atoms with van der Waals surface area (Å²) in [5, 5.41) is 3.72. The number of nitrogens with zero attached hydrogens (tertiary/aromatic N) is 4. The number of hydrogen-bond donors (Lipinski definition) is 3. The SMILES string of the molecule is Cc1cccc(-c2[nH]c(CNC(C3=CCCC=C3)c3ccccc3)nc2-c2ccc(N=CN)nc2)n1. The van der Waals surface area contributed by atoms with Crippen LogP contribution in [0.3, 0.4) is 0 Å². The maximum Gasteiger partial charge on any atom is 0.153 e. The number of aliphatic imine (C=N–C) groups is 1. The van der Waals surface area contributed by atoms with E-state index >= 15 is 0 Å². The first kappa shape index (κ1) is 23.4. The van der Waals surface area contributed by atoms with Crippen LogP contribution in [0.2, 0.25) is 0 Å². The summed E-state index contributed by atoms with van der Waals surface area (Å²) in [6.07, 6.45) is 11.9. The summed E-state index contributed by atoms with van der Waals surface area (Å²) >= 11 is 0. The first-order valence-electron chi connectivity index (χ1n) is 12.1. The summed E-state index contributed by atoms with van der Waals surface area (Å²) in [4.78, 5) is 21.7. The van der Waals surface area contributed by atoms with Crippen molar-refractivity contribution < 1.29 is 0 Å². The lowest BCUT2D eigenvalue weighted by Gasteiger charge is -2.22. The van der Waals surface area contributed by atoms with Crippen molar-refractivity contribution >= 4 is 12.2 Å². The van der Waals surface area contributed by atoms with Gasteiger partial charge in [-0.1, -0.05) is 54.6 Å². The fourth-order valence-electron chi connectivity index (χ4n) is 4.38. The van der Waals surface area contributed by atoms with E-state index in [0.29, 0.717) is 12.4 Å². The lowest BCUT2D eigenvalue weighted by molar-refractivity contribution is 0.586. The van der Waals surface area contributed by atoms with E-state index in [0.717, 1.165) is 47.0 Å². The van der Waals surface area contributed by atoms with E-state index in [1.54, 1.807) is 6.20 Å². The normalized spacial score (nSPS) is 14.2. The minimum Gasteiger partial charge on any atom is -0.390 e. The molecule has 7 nitrogen and oxygen atoms in total. The third-order valence-electron chi connectivity index (χ3n) is 6.09. The molecule has 4 N–H and O–H groups in total.